The SMILES string of the molecule is C=C(Nn1c(-c2cccs2)csc1=NCCOC)c1cccs1. The van der Waals surface area contributed by atoms with Gasteiger partial charge in [0.05, 0.1) is 34.3 Å². The predicted octanol–water partition coefficient (Wildman–Crippen LogP) is 4.10. The molecule has 0 spiro atoms. The van der Waals surface area contributed by atoms with Crippen LogP contribution in [0.4, 0.5) is 0 Å². The fraction of sp³-hybridized carbons (Fsp3) is 0.188. The van der Waals surface area contributed by atoms with E-state index in [1.54, 1.807) is 41.1 Å². The summed E-state index contributed by atoms with van der Waals surface area (Å²) < 4.78 is 7.10. The standard InChI is InChI=1S/C16H17N3OS3/c1-12(14-5-3-9-21-14)18-19-13(15-6-4-10-22-15)11-23-16(19)17-7-8-20-2/h3-6,9-11,18H,1,7-8H2,2H3. The quantitative estimate of drug-likeness (QED) is 0.642. The number of ether oxygens (including phenoxy) is 1. The molecule has 0 unspecified atom stereocenters. The van der Waals surface area contributed by atoms with E-state index < -0.39 is 0 Å². The van der Waals surface area contributed by atoms with Crippen LogP contribution in [0, 0.1) is 0 Å². The number of thiophene rings is 2. The van der Waals surface area contributed by atoms with Gasteiger partial charge in [0, 0.05) is 12.5 Å². The van der Waals surface area contributed by atoms with Crippen LogP contribution in [0.1, 0.15) is 4.88 Å². The topological polar surface area (TPSA) is 38.5 Å². The highest BCUT2D eigenvalue weighted by Gasteiger charge is 2.10. The van der Waals surface area contributed by atoms with Crippen molar-refractivity contribution in [2.45, 2.75) is 0 Å². The first-order chi connectivity index (χ1) is 11.3. The molecule has 0 bridgehead atoms. The second-order valence-electron chi connectivity index (χ2n) is 4.66. The van der Waals surface area contributed by atoms with Crippen molar-refractivity contribution in [1.29, 1.82) is 0 Å². The molecule has 0 saturated carbocycles. The molecule has 0 aliphatic rings. The van der Waals surface area contributed by atoms with Crippen molar-refractivity contribution in [3.05, 3.63) is 56.7 Å². The van der Waals surface area contributed by atoms with E-state index in [0.717, 1.165) is 21.1 Å². The van der Waals surface area contributed by atoms with E-state index in [9.17, 15) is 0 Å². The van der Waals surface area contributed by atoms with Crippen molar-refractivity contribution < 1.29 is 4.74 Å². The van der Waals surface area contributed by atoms with Crippen LogP contribution in [0.15, 0.2) is 52.0 Å². The van der Waals surface area contributed by atoms with Crippen molar-refractivity contribution >= 4 is 39.7 Å². The highest BCUT2D eigenvalue weighted by Crippen LogP contribution is 2.25. The monoisotopic (exact) mass is 363 g/mol. The van der Waals surface area contributed by atoms with Gasteiger partial charge in [-0.05, 0) is 22.9 Å². The van der Waals surface area contributed by atoms with Crippen molar-refractivity contribution in [1.82, 2.24) is 4.68 Å². The van der Waals surface area contributed by atoms with Gasteiger partial charge >= 0.3 is 0 Å². The normalized spacial score (nSPS) is 11.8. The summed E-state index contributed by atoms with van der Waals surface area (Å²) in [5, 5.41) is 6.24. The molecule has 3 aromatic heterocycles. The summed E-state index contributed by atoms with van der Waals surface area (Å²) in [5.74, 6) is 0. The van der Waals surface area contributed by atoms with Crippen LogP contribution in [-0.4, -0.2) is 24.9 Å². The largest absolute Gasteiger partial charge is 0.383 e. The fourth-order valence-corrected chi connectivity index (χ4v) is 4.32. The summed E-state index contributed by atoms with van der Waals surface area (Å²) in [6.45, 7) is 5.39. The summed E-state index contributed by atoms with van der Waals surface area (Å²) in [5.41, 5.74) is 5.35. The summed E-state index contributed by atoms with van der Waals surface area (Å²) in [6.07, 6.45) is 0. The molecule has 23 heavy (non-hydrogen) atoms. The molecule has 0 aliphatic carbocycles. The maximum atomic E-state index is 5.09. The lowest BCUT2D eigenvalue weighted by molar-refractivity contribution is 0.207. The van der Waals surface area contributed by atoms with E-state index in [0.29, 0.717) is 13.2 Å². The van der Waals surface area contributed by atoms with E-state index >= 15 is 0 Å². The van der Waals surface area contributed by atoms with Crippen molar-refractivity contribution in [2.24, 2.45) is 4.99 Å². The molecule has 0 saturated heterocycles. The molecule has 0 aromatic carbocycles. The number of methoxy groups -OCH3 is 1. The maximum Gasteiger partial charge on any atom is 0.204 e. The Bertz CT molecular complexity index is 813. The number of nitrogens with zero attached hydrogens (tertiary/aromatic N) is 2. The molecule has 0 amide bonds. The third kappa shape index (κ3) is 3.81. The third-order valence-electron chi connectivity index (χ3n) is 3.09. The zero-order chi connectivity index (χ0) is 16.1. The minimum absolute atomic E-state index is 0.609. The Balaban J connectivity index is 1.95. The van der Waals surface area contributed by atoms with Crippen LogP contribution in [0.5, 0.6) is 0 Å². The molecule has 0 aliphatic heterocycles. The Labute approximate surface area is 147 Å². The van der Waals surface area contributed by atoms with Gasteiger partial charge < -0.3 is 4.74 Å². The molecule has 3 heterocycles. The number of aromatic nitrogens is 1. The second kappa shape index (κ2) is 7.74. The van der Waals surface area contributed by atoms with E-state index in [1.165, 1.54) is 4.88 Å². The van der Waals surface area contributed by atoms with Gasteiger partial charge in [-0.1, -0.05) is 18.7 Å². The second-order valence-corrected chi connectivity index (χ2v) is 7.39. The van der Waals surface area contributed by atoms with Crippen LogP contribution in [0.25, 0.3) is 16.3 Å². The zero-order valence-electron chi connectivity index (χ0n) is 12.7. The zero-order valence-corrected chi connectivity index (χ0v) is 15.1. The van der Waals surface area contributed by atoms with E-state index in [2.05, 4.69) is 46.0 Å². The molecule has 120 valence electrons. The highest BCUT2D eigenvalue weighted by atomic mass is 32.1. The lowest BCUT2D eigenvalue weighted by Crippen LogP contribution is -2.25. The van der Waals surface area contributed by atoms with Crippen molar-refractivity contribution in [3.8, 4) is 10.6 Å². The van der Waals surface area contributed by atoms with Crippen LogP contribution < -0.4 is 10.2 Å². The number of thiazole rings is 1. The van der Waals surface area contributed by atoms with Gasteiger partial charge in [-0.25, -0.2) is 4.68 Å². The van der Waals surface area contributed by atoms with Crippen molar-refractivity contribution in [2.75, 3.05) is 25.7 Å². The number of hydrogen-bond acceptors (Lipinski definition) is 6. The number of rotatable bonds is 7. The Hall–Kier alpha value is -1.67. The Morgan fingerprint density at radius 3 is 2.78 bits per heavy atom. The molecular weight excluding hydrogens is 346 g/mol. The lowest BCUT2D eigenvalue weighted by Gasteiger charge is -2.12. The molecular formula is C16H17N3OS3. The first-order valence-electron chi connectivity index (χ1n) is 7.03. The Kier molecular flexibility index (Phi) is 5.45. The molecule has 0 radical (unpaired) electrons. The number of nitrogens with one attached hydrogen (secondary N) is 1. The molecule has 0 fully saturated rings. The maximum absolute atomic E-state index is 5.09. The Morgan fingerprint density at radius 2 is 2.09 bits per heavy atom. The summed E-state index contributed by atoms with van der Waals surface area (Å²) in [7, 11) is 1.69. The van der Waals surface area contributed by atoms with Crippen LogP contribution in [0.2, 0.25) is 0 Å². The van der Waals surface area contributed by atoms with Crippen LogP contribution in [-0.2, 0) is 4.74 Å². The van der Waals surface area contributed by atoms with Gasteiger partial charge in [0.25, 0.3) is 0 Å². The average Bonchev–Trinajstić information content (AvgIpc) is 3.29. The predicted molar refractivity (Wildman–Crippen MR) is 101 cm³/mol. The fourth-order valence-electron chi connectivity index (χ4n) is 2.00. The molecule has 3 aromatic rings. The average molecular weight is 364 g/mol. The van der Waals surface area contributed by atoms with Crippen molar-refractivity contribution in [3.63, 3.8) is 0 Å². The Morgan fingerprint density at radius 1 is 1.26 bits per heavy atom. The van der Waals surface area contributed by atoms with Crippen LogP contribution >= 0.6 is 34.0 Å². The van der Waals surface area contributed by atoms with Gasteiger partial charge in [0.1, 0.15) is 0 Å². The smallest absolute Gasteiger partial charge is 0.204 e. The molecule has 7 heteroatoms. The highest BCUT2D eigenvalue weighted by molar-refractivity contribution is 7.14. The van der Waals surface area contributed by atoms with Gasteiger partial charge in [0.15, 0.2) is 0 Å². The molecule has 4 nitrogen and oxygen atoms in total. The van der Waals surface area contributed by atoms with E-state index in [4.69, 9.17) is 4.74 Å². The van der Waals surface area contributed by atoms with Crippen LogP contribution in [0.3, 0.4) is 0 Å². The van der Waals surface area contributed by atoms with Gasteiger partial charge in [0.2, 0.25) is 4.80 Å². The summed E-state index contributed by atoms with van der Waals surface area (Å²) >= 11 is 4.98. The summed E-state index contributed by atoms with van der Waals surface area (Å²) in [6, 6.07) is 8.24. The summed E-state index contributed by atoms with van der Waals surface area (Å²) in [4.78, 5) is 7.84. The molecule has 1 N–H and O–H groups in total. The minimum Gasteiger partial charge on any atom is -0.383 e. The minimum atomic E-state index is 0.609. The first kappa shape index (κ1) is 16.2. The molecule has 3 rings (SSSR count). The van der Waals surface area contributed by atoms with Gasteiger partial charge in [-0.3, -0.25) is 10.4 Å². The third-order valence-corrected chi connectivity index (χ3v) is 5.78. The first-order valence-corrected chi connectivity index (χ1v) is 9.67. The van der Waals surface area contributed by atoms with Gasteiger partial charge in [-0.15, -0.1) is 34.0 Å². The lowest BCUT2D eigenvalue weighted by atomic mass is 10.4. The van der Waals surface area contributed by atoms with E-state index in [-0.39, 0.29) is 0 Å². The number of hydrogen-bond donors (Lipinski definition) is 1. The van der Waals surface area contributed by atoms with Gasteiger partial charge in [-0.2, -0.15) is 0 Å². The molecule has 0 atom stereocenters. The van der Waals surface area contributed by atoms with E-state index in [1.807, 2.05) is 16.1 Å².